The van der Waals surface area contributed by atoms with Crippen LogP contribution in [0.15, 0.2) is 0 Å². The van der Waals surface area contributed by atoms with Gasteiger partial charge in [0, 0.05) is 28.9 Å². The lowest BCUT2D eigenvalue weighted by Crippen LogP contribution is -2.33. The summed E-state index contributed by atoms with van der Waals surface area (Å²) < 4.78 is 10.8. The zero-order valence-corrected chi connectivity index (χ0v) is 7.52. The van der Waals surface area contributed by atoms with Crippen LogP contribution < -0.4 is 5.32 Å². The number of hydrogen-bond acceptors (Lipinski definition) is 3. The molecule has 2 N–H and O–H groups in total. The van der Waals surface area contributed by atoms with Gasteiger partial charge in [0.15, 0.2) is 0 Å². The van der Waals surface area contributed by atoms with Gasteiger partial charge in [-0.1, -0.05) is 6.92 Å². The van der Waals surface area contributed by atoms with Gasteiger partial charge < -0.3 is 10.4 Å². The summed E-state index contributed by atoms with van der Waals surface area (Å²) in [5, 5.41) is 10.2. The van der Waals surface area contributed by atoms with Crippen LogP contribution in [0.2, 0.25) is 0 Å². The van der Waals surface area contributed by atoms with Crippen molar-refractivity contribution in [3.63, 3.8) is 0 Å². The maximum absolute atomic E-state index is 10.8. The number of carboxylic acid groups (broad SMARTS) is 1. The third-order valence-corrected chi connectivity index (χ3v) is 2.43. The van der Waals surface area contributed by atoms with Crippen molar-refractivity contribution in [1.29, 1.82) is 0 Å². The zero-order valence-electron chi connectivity index (χ0n) is 6.70. The highest BCUT2D eigenvalue weighted by Gasteiger charge is 2.09. The average Bonchev–Trinajstić information content (AvgIpc) is 2.03. The molecule has 0 aliphatic carbocycles. The van der Waals surface area contributed by atoms with E-state index in [2.05, 4.69) is 5.32 Å². The van der Waals surface area contributed by atoms with Crippen molar-refractivity contribution in [3.8, 4) is 0 Å². The summed E-state index contributed by atoms with van der Waals surface area (Å²) in [7, 11) is -0.964. The van der Waals surface area contributed by atoms with Crippen LogP contribution in [0.25, 0.3) is 0 Å². The summed E-state index contributed by atoms with van der Waals surface area (Å²) in [5.41, 5.74) is 0. The number of carbonyl (C=O) groups is 2. The molecule has 0 bridgehead atoms. The molecule has 0 aliphatic heterocycles. The molecular weight excluding hydrogens is 182 g/mol. The second kappa shape index (κ2) is 5.70. The smallest absolute Gasteiger partial charge is 0.394 e. The van der Waals surface area contributed by atoms with Gasteiger partial charge in [0.05, 0.1) is 0 Å². The predicted octanol–water partition coefficient (Wildman–Crippen LogP) is -1.04. The SMILES string of the molecule is CCS(=O)CCNC(=O)C(=O)O. The quantitative estimate of drug-likeness (QED) is 0.558. The van der Waals surface area contributed by atoms with E-state index in [1.165, 1.54) is 0 Å². The molecule has 0 fully saturated rings. The van der Waals surface area contributed by atoms with Crippen LogP contribution in [0.4, 0.5) is 0 Å². The maximum Gasteiger partial charge on any atom is 0.394 e. The van der Waals surface area contributed by atoms with Gasteiger partial charge in [-0.25, -0.2) is 4.79 Å². The summed E-state index contributed by atoms with van der Waals surface area (Å²) in [6.07, 6.45) is 0. The number of amides is 1. The topological polar surface area (TPSA) is 83.5 Å². The predicted molar refractivity (Wildman–Crippen MR) is 44.2 cm³/mol. The first-order chi connectivity index (χ1) is 5.57. The van der Waals surface area contributed by atoms with Crippen molar-refractivity contribution in [3.05, 3.63) is 0 Å². The monoisotopic (exact) mass is 193 g/mol. The minimum Gasteiger partial charge on any atom is -0.474 e. The molecule has 0 spiro atoms. The minimum absolute atomic E-state index is 0.144. The highest BCUT2D eigenvalue weighted by molar-refractivity contribution is 7.84. The lowest BCUT2D eigenvalue weighted by atomic mass is 10.6. The van der Waals surface area contributed by atoms with Gasteiger partial charge in [-0.2, -0.15) is 0 Å². The van der Waals surface area contributed by atoms with Crippen molar-refractivity contribution in [2.45, 2.75) is 6.92 Å². The largest absolute Gasteiger partial charge is 0.474 e. The molecule has 0 aromatic carbocycles. The molecule has 0 rings (SSSR count). The Bertz CT molecular complexity index is 204. The molecular formula is C6H11NO4S. The molecule has 0 radical (unpaired) electrons. The summed E-state index contributed by atoms with van der Waals surface area (Å²) in [5.74, 6) is -1.75. The molecule has 70 valence electrons. The second-order valence-electron chi connectivity index (χ2n) is 1.99. The number of carbonyl (C=O) groups excluding carboxylic acids is 1. The van der Waals surface area contributed by atoms with Gasteiger partial charge in [-0.3, -0.25) is 9.00 Å². The fourth-order valence-corrected chi connectivity index (χ4v) is 1.12. The Morgan fingerprint density at radius 1 is 1.50 bits per heavy atom. The van der Waals surface area contributed by atoms with Gasteiger partial charge in [0.25, 0.3) is 0 Å². The number of carboxylic acids is 1. The molecule has 0 aromatic heterocycles. The normalized spacial score (nSPS) is 12.1. The van der Waals surface area contributed by atoms with E-state index in [4.69, 9.17) is 5.11 Å². The fraction of sp³-hybridized carbons (Fsp3) is 0.667. The van der Waals surface area contributed by atoms with Crippen LogP contribution in [0.3, 0.4) is 0 Å². The molecule has 1 atom stereocenters. The molecule has 0 aromatic rings. The van der Waals surface area contributed by atoms with Crippen molar-refractivity contribution in [2.75, 3.05) is 18.1 Å². The first-order valence-electron chi connectivity index (χ1n) is 3.44. The van der Waals surface area contributed by atoms with Crippen LogP contribution >= 0.6 is 0 Å². The second-order valence-corrected chi connectivity index (χ2v) is 3.86. The van der Waals surface area contributed by atoms with E-state index in [1.807, 2.05) is 0 Å². The van der Waals surface area contributed by atoms with Gasteiger partial charge in [-0.15, -0.1) is 0 Å². The van der Waals surface area contributed by atoms with E-state index in [1.54, 1.807) is 6.92 Å². The lowest BCUT2D eigenvalue weighted by molar-refractivity contribution is -0.150. The van der Waals surface area contributed by atoms with Crippen LogP contribution in [0, 0.1) is 0 Å². The highest BCUT2D eigenvalue weighted by Crippen LogP contribution is 1.78. The molecule has 12 heavy (non-hydrogen) atoms. The van der Waals surface area contributed by atoms with Crippen LogP contribution in [0.1, 0.15) is 6.92 Å². The molecule has 5 nitrogen and oxygen atoms in total. The maximum atomic E-state index is 10.8. The van der Waals surface area contributed by atoms with E-state index in [0.717, 1.165) is 0 Å². The molecule has 1 amide bonds. The Labute approximate surface area is 72.6 Å². The van der Waals surface area contributed by atoms with E-state index >= 15 is 0 Å². The first-order valence-corrected chi connectivity index (χ1v) is 4.92. The Kier molecular flexibility index (Phi) is 5.27. The van der Waals surface area contributed by atoms with E-state index in [0.29, 0.717) is 11.5 Å². The van der Waals surface area contributed by atoms with Crippen molar-refractivity contribution >= 4 is 22.7 Å². The number of hydrogen-bond donors (Lipinski definition) is 2. The Morgan fingerprint density at radius 3 is 2.50 bits per heavy atom. The third-order valence-electron chi connectivity index (χ3n) is 1.13. The third kappa shape index (κ3) is 4.84. The van der Waals surface area contributed by atoms with Gasteiger partial charge >= 0.3 is 11.9 Å². The van der Waals surface area contributed by atoms with E-state index in [-0.39, 0.29) is 6.54 Å². The highest BCUT2D eigenvalue weighted by atomic mass is 32.2. The standard InChI is InChI=1S/C6H11NO4S/c1-2-12(11)4-3-7-5(8)6(9)10/h2-4H2,1H3,(H,7,8)(H,9,10). The van der Waals surface area contributed by atoms with Gasteiger partial charge in [0.2, 0.25) is 0 Å². The van der Waals surface area contributed by atoms with Crippen LogP contribution in [0.5, 0.6) is 0 Å². The summed E-state index contributed by atoms with van der Waals surface area (Å²) in [4.78, 5) is 20.4. The number of rotatable bonds is 4. The Morgan fingerprint density at radius 2 is 2.08 bits per heavy atom. The number of aliphatic carboxylic acids is 1. The van der Waals surface area contributed by atoms with Gasteiger partial charge in [0.1, 0.15) is 0 Å². The number of nitrogens with one attached hydrogen (secondary N) is 1. The molecule has 6 heteroatoms. The van der Waals surface area contributed by atoms with Crippen molar-refractivity contribution < 1.29 is 18.9 Å². The average molecular weight is 193 g/mol. The molecule has 0 saturated heterocycles. The van der Waals surface area contributed by atoms with E-state index < -0.39 is 22.7 Å². The summed E-state index contributed by atoms with van der Waals surface area (Å²) >= 11 is 0. The molecule has 0 aliphatic rings. The summed E-state index contributed by atoms with van der Waals surface area (Å²) in [6, 6.07) is 0. The Balaban J connectivity index is 3.50. The summed E-state index contributed by atoms with van der Waals surface area (Å²) in [6.45, 7) is 1.90. The first kappa shape index (κ1) is 11.1. The molecule has 1 unspecified atom stereocenters. The Hall–Kier alpha value is -0.910. The molecule has 0 heterocycles. The zero-order chi connectivity index (χ0) is 9.56. The fourth-order valence-electron chi connectivity index (χ4n) is 0.498. The van der Waals surface area contributed by atoms with E-state index in [9.17, 15) is 13.8 Å². The minimum atomic E-state index is -1.52. The van der Waals surface area contributed by atoms with Crippen LogP contribution in [-0.4, -0.2) is 39.2 Å². The van der Waals surface area contributed by atoms with Crippen LogP contribution in [-0.2, 0) is 20.4 Å². The van der Waals surface area contributed by atoms with Crippen molar-refractivity contribution in [1.82, 2.24) is 5.32 Å². The van der Waals surface area contributed by atoms with Crippen molar-refractivity contribution in [2.24, 2.45) is 0 Å². The lowest BCUT2D eigenvalue weighted by Gasteiger charge is -1.99. The van der Waals surface area contributed by atoms with Gasteiger partial charge in [-0.05, 0) is 0 Å². The molecule has 0 saturated carbocycles.